The number of carbonyl (C=O) groups is 2. The SMILES string of the molecule is COc1ccc(C(OC[C@@H](NC(=O)CCSSCCNC(=O)CCCCC2CCSS2)[C@@H](C)O)(c2ccccc2)c2ccc(OC)cc2)cc1. The van der Waals surface area contributed by atoms with E-state index in [4.69, 9.17) is 14.2 Å². The normalized spacial score (nSPS) is 15.6. The van der Waals surface area contributed by atoms with Crippen LogP contribution < -0.4 is 20.1 Å². The summed E-state index contributed by atoms with van der Waals surface area (Å²) in [5.74, 6) is 4.04. The van der Waals surface area contributed by atoms with Gasteiger partial charge in [-0.2, -0.15) is 0 Å². The first-order valence-corrected chi connectivity index (χ1v) is 22.0. The van der Waals surface area contributed by atoms with Gasteiger partial charge in [0.15, 0.2) is 0 Å². The minimum Gasteiger partial charge on any atom is -0.497 e. The summed E-state index contributed by atoms with van der Waals surface area (Å²) in [7, 11) is 10.5. The Morgan fingerprint density at radius 3 is 2.06 bits per heavy atom. The van der Waals surface area contributed by atoms with Crippen LogP contribution in [0.5, 0.6) is 11.5 Å². The van der Waals surface area contributed by atoms with Crippen molar-refractivity contribution in [1.29, 1.82) is 0 Å². The largest absolute Gasteiger partial charge is 0.497 e. The van der Waals surface area contributed by atoms with E-state index in [1.54, 1.807) is 42.7 Å². The van der Waals surface area contributed by atoms with Crippen molar-refractivity contribution in [3.63, 3.8) is 0 Å². The van der Waals surface area contributed by atoms with Gasteiger partial charge in [0.25, 0.3) is 0 Å². The predicted octanol–water partition coefficient (Wildman–Crippen LogP) is 7.48. The molecule has 0 bridgehead atoms. The molecule has 272 valence electrons. The highest BCUT2D eigenvalue weighted by atomic mass is 33.1. The molecule has 12 heteroatoms. The molecule has 4 rings (SSSR count). The number of methoxy groups -OCH3 is 2. The highest BCUT2D eigenvalue weighted by Gasteiger charge is 2.39. The van der Waals surface area contributed by atoms with Crippen molar-refractivity contribution in [3.05, 3.63) is 95.6 Å². The van der Waals surface area contributed by atoms with E-state index in [0.717, 1.165) is 52.0 Å². The van der Waals surface area contributed by atoms with Crippen LogP contribution >= 0.6 is 43.2 Å². The van der Waals surface area contributed by atoms with Gasteiger partial charge in [0.1, 0.15) is 17.1 Å². The summed E-state index contributed by atoms with van der Waals surface area (Å²) in [4.78, 5) is 25.2. The molecular formula is C38H50N2O6S4. The number of hydrogen-bond donors (Lipinski definition) is 3. The molecule has 3 N–H and O–H groups in total. The van der Waals surface area contributed by atoms with Crippen LogP contribution in [-0.4, -0.2) is 78.9 Å². The first-order chi connectivity index (χ1) is 24.3. The van der Waals surface area contributed by atoms with Crippen molar-refractivity contribution < 1.29 is 28.9 Å². The van der Waals surface area contributed by atoms with Crippen molar-refractivity contribution in [2.45, 2.75) is 68.4 Å². The second-order valence-corrected chi connectivity index (χ2v) is 17.5. The van der Waals surface area contributed by atoms with Crippen molar-refractivity contribution in [2.24, 2.45) is 0 Å². The molecule has 1 aliphatic heterocycles. The Labute approximate surface area is 313 Å². The lowest BCUT2D eigenvalue weighted by molar-refractivity contribution is -0.123. The molecule has 3 aromatic rings. The first kappa shape index (κ1) is 40.3. The molecule has 1 fully saturated rings. The van der Waals surface area contributed by atoms with Gasteiger partial charge in [-0.1, -0.05) is 104 Å². The monoisotopic (exact) mass is 758 g/mol. The maximum Gasteiger partial charge on any atom is 0.221 e. The summed E-state index contributed by atoms with van der Waals surface area (Å²) in [5, 5.41) is 17.5. The predicted molar refractivity (Wildman–Crippen MR) is 211 cm³/mol. The fraction of sp³-hybridized carbons (Fsp3) is 0.474. The number of rotatable bonds is 22. The quantitative estimate of drug-likeness (QED) is 0.0543. The Bertz CT molecular complexity index is 1380. The van der Waals surface area contributed by atoms with E-state index in [1.165, 1.54) is 18.6 Å². The number of amides is 2. The van der Waals surface area contributed by atoms with E-state index in [9.17, 15) is 14.7 Å². The fourth-order valence-electron chi connectivity index (χ4n) is 5.66. The topological polar surface area (TPSA) is 106 Å². The van der Waals surface area contributed by atoms with Crippen molar-refractivity contribution >= 4 is 55.0 Å². The van der Waals surface area contributed by atoms with E-state index >= 15 is 0 Å². The van der Waals surface area contributed by atoms with Gasteiger partial charge in [0.2, 0.25) is 11.8 Å². The second-order valence-electron chi connectivity index (χ2n) is 12.0. The molecule has 50 heavy (non-hydrogen) atoms. The van der Waals surface area contributed by atoms with E-state index in [0.29, 0.717) is 25.1 Å². The third-order valence-corrected chi connectivity index (χ3v) is 13.9. The summed E-state index contributed by atoms with van der Waals surface area (Å²) in [5.41, 5.74) is 1.57. The number of ether oxygens (including phenoxy) is 3. The van der Waals surface area contributed by atoms with Crippen molar-refractivity contribution in [2.75, 3.05) is 44.6 Å². The Hall–Kier alpha value is -2.48. The molecule has 0 saturated carbocycles. The summed E-state index contributed by atoms with van der Waals surface area (Å²) >= 11 is 0. The van der Waals surface area contributed by atoms with Gasteiger partial charge in [-0.25, -0.2) is 0 Å². The summed E-state index contributed by atoms with van der Waals surface area (Å²) in [6.07, 6.45) is 4.58. The Kier molecular flexibility index (Phi) is 17.6. The highest BCUT2D eigenvalue weighted by Crippen LogP contribution is 2.42. The van der Waals surface area contributed by atoms with Gasteiger partial charge in [-0.05, 0) is 67.1 Å². The fourth-order valence-corrected chi connectivity index (χ4v) is 10.6. The van der Waals surface area contributed by atoms with Gasteiger partial charge in [0, 0.05) is 41.9 Å². The first-order valence-electron chi connectivity index (χ1n) is 17.1. The number of unbranched alkanes of at least 4 members (excludes halogenated alkanes) is 1. The van der Waals surface area contributed by atoms with Gasteiger partial charge >= 0.3 is 0 Å². The Morgan fingerprint density at radius 1 is 0.860 bits per heavy atom. The zero-order chi connectivity index (χ0) is 35.6. The van der Waals surface area contributed by atoms with Crippen LogP contribution in [0.3, 0.4) is 0 Å². The molecule has 1 saturated heterocycles. The van der Waals surface area contributed by atoms with E-state index in [1.807, 2.05) is 100 Å². The van der Waals surface area contributed by atoms with Gasteiger partial charge in [0.05, 0.1) is 33.0 Å². The van der Waals surface area contributed by atoms with E-state index < -0.39 is 17.7 Å². The average molecular weight is 759 g/mol. The highest BCUT2D eigenvalue weighted by molar-refractivity contribution is 8.77. The van der Waals surface area contributed by atoms with E-state index in [-0.39, 0.29) is 18.4 Å². The molecule has 8 nitrogen and oxygen atoms in total. The number of nitrogens with one attached hydrogen (secondary N) is 2. The van der Waals surface area contributed by atoms with Crippen LogP contribution in [0.25, 0.3) is 0 Å². The number of aliphatic hydroxyl groups is 1. The second kappa shape index (κ2) is 21.8. The lowest BCUT2D eigenvalue weighted by atomic mass is 9.80. The van der Waals surface area contributed by atoms with Crippen LogP contribution in [0.2, 0.25) is 0 Å². The third-order valence-electron chi connectivity index (χ3n) is 8.49. The maximum absolute atomic E-state index is 13.0. The van der Waals surface area contributed by atoms with Crippen molar-refractivity contribution in [3.8, 4) is 11.5 Å². The smallest absolute Gasteiger partial charge is 0.221 e. The van der Waals surface area contributed by atoms with Crippen molar-refractivity contribution in [1.82, 2.24) is 10.6 Å². The van der Waals surface area contributed by atoms with Gasteiger partial charge in [-0.3, -0.25) is 9.59 Å². The molecule has 1 heterocycles. The average Bonchev–Trinajstić information content (AvgIpc) is 3.67. The number of hydrogen-bond acceptors (Lipinski definition) is 10. The Morgan fingerprint density at radius 2 is 1.48 bits per heavy atom. The lowest BCUT2D eigenvalue weighted by Crippen LogP contribution is -2.47. The zero-order valence-electron chi connectivity index (χ0n) is 29.1. The van der Waals surface area contributed by atoms with E-state index in [2.05, 4.69) is 10.6 Å². The Balaban J connectivity index is 1.29. The summed E-state index contributed by atoms with van der Waals surface area (Å²) < 4.78 is 17.8. The van der Waals surface area contributed by atoms with Crippen LogP contribution in [0, 0.1) is 0 Å². The van der Waals surface area contributed by atoms with Gasteiger partial charge in [-0.15, -0.1) is 0 Å². The molecule has 3 atom stereocenters. The number of carbonyl (C=O) groups excluding carboxylic acids is 2. The molecule has 0 aliphatic carbocycles. The molecule has 0 aromatic heterocycles. The van der Waals surface area contributed by atoms with Crippen LogP contribution in [0.4, 0.5) is 0 Å². The zero-order valence-corrected chi connectivity index (χ0v) is 32.4. The molecule has 2 amide bonds. The number of aliphatic hydroxyl groups excluding tert-OH is 1. The standard InChI is InChI=1S/C38H50N2O6S4/c1-28(41)35(40-37(43)22-25-47-48-26-23-39-36(42)12-8-7-11-34-21-24-49-50-34)27-46-38(29-9-5-4-6-10-29,30-13-17-32(44-2)18-14-30)31-15-19-33(45-3)20-16-31/h4-6,9-10,13-20,28,34-35,41H,7-8,11-12,21-27H2,1-3H3,(H,39,42)(H,40,43)/t28-,34?,35-/m1/s1. The van der Waals surface area contributed by atoms with Crippen LogP contribution in [-0.2, 0) is 19.9 Å². The molecule has 0 spiro atoms. The van der Waals surface area contributed by atoms with Crippen LogP contribution in [0.1, 0.15) is 62.1 Å². The molecule has 1 aliphatic rings. The summed E-state index contributed by atoms with van der Waals surface area (Å²) in [6, 6.07) is 24.8. The van der Waals surface area contributed by atoms with Gasteiger partial charge < -0.3 is 30.0 Å². The third kappa shape index (κ3) is 12.3. The molecule has 3 aromatic carbocycles. The minimum absolute atomic E-state index is 0.0521. The maximum atomic E-state index is 13.0. The molecule has 1 unspecified atom stereocenters. The molecular weight excluding hydrogens is 709 g/mol. The van der Waals surface area contributed by atoms with Crippen LogP contribution in [0.15, 0.2) is 78.9 Å². The lowest BCUT2D eigenvalue weighted by Gasteiger charge is -2.37. The molecule has 0 radical (unpaired) electrons. The number of benzene rings is 3. The summed E-state index contributed by atoms with van der Waals surface area (Å²) in [6.45, 7) is 2.33. The minimum atomic E-state index is -1.06.